The van der Waals surface area contributed by atoms with E-state index in [1.807, 2.05) is 36.3 Å². The van der Waals surface area contributed by atoms with Crippen molar-refractivity contribution in [3.05, 3.63) is 22.5 Å². The Morgan fingerprint density at radius 2 is 2.13 bits per heavy atom. The van der Waals surface area contributed by atoms with E-state index in [1.54, 1.807) is 22.7 Å². The minimum atomic E-state index is -0.0150. The van der Waals surface area contributed by atoms with Crippen molar-refractivity contribution in [1.82, 2.24) is 20.1 Å². The summed E-state index contributed by atoms with van der Waals surface area (Å²) in [4.78, 5) is 33.2. The van der Waals surface area contributed by atoms with E-state index in [0.717, 1.165) is 44.0 Å². The number of benzene rings is 1. The van der Waals surface area contributed by atoms with Gasteiger partial charge in [-0.25, -0.2) is 4.98 Å². The summed E-state index contributed by atoms with van der Waals surface area (Å²) in [5.41, 5.74) is 1.01. The van der Waals surface area contributed by atoms with E-state index in [1.165, 1.54) is 0 Å². The van der Waals surface area contributed by atoms with E-state index >= 15 is 0 Å². The van der Waals surface area contributed by atoms with Gasteiger partial charge in [0.15, 0.2) is 6.61 Å². The number of aryl methyl sites for hydroxylation is 1. The van der Waals surface area contributed by atoms with E-state index in [9.17, 15) is 9.59 Å². The predicted octanol–water partition coefficient (Wildman–Crippen LogP) is 2.87. The molecule has 1 saturated heterocycles. The smallest absolute Gasteiger partial charge is 0.260 e. The lowest BCUT2D eigenvalue weighted by atomic mass is 10.2. The third-order valence-electron chi connectivity index (χ3n) is 5.20. The zero-order valence-electron chi connectivity index (χ0n) is 17.3. The van der Waals surface area contributed by atoms with Crippen LogP contribution in [0.5, 0.6) is 5.75 Å². The summed E-state index contributed by atoms with van der Waals surface area (Å²) in [6, 6.07) is 4.03. The average Bonchev–Trinajstić information content (AvgIpc) is 3.27. The molecule has 1 aliphatic rings. The van der Waals surface area contributed by atoms with Gasteiger partial charge in [-0.15, -0.1) is 22.7 Å². The zero-order valence-corrected chi connectivity index (χ0v) is 18.9. The van der Waals surface area contributed by atoms with Crippen molar-refractivity contribution in [3.63, 3.8) is 0 Å². The van der Waals surface area contributed by atoms with E-state index in [-0.39, 0.29) is 18.4 Å². The fourth-order valence-corrected chi connectivity index (χ4v) is 5.60. The van der Waals surface area contributed by atoms with Gasteiger partial charge in [0.2, 0.25) is 5.91 Å². The highest BCUT2D eigenvalue weighted by molar-refractivity contribution is 7.21. The molecule has 0 atom stereocenters. The Morgan fingerprint density at radius 3 is 2.97 bits per heavy atom. The molecule has 3 heterocycles. The standard InChI is InChI=1S/C21H26N4O3S2/c1-3-22-18(26)12-24-6-4-7-25(9-8-24)19(27)13-28-16-11-17-20(23-14(2)30-17)21-15(16)5-10-29-21/h5,10-11H,3-4,6-9,12-13H2,1-2H3,(H,22,26). The number of likely N-dealkylation sites (N-methyl/N-ethyl adjacent to an activating group) is 1. The Morgan fingerprint density at radius 1 is 1.27 bits per heavy atom. The molecule has 2 amide bonds. The van der Waals surface area contributed by atoms with E-state index in [4.69, 9.17) is 4.74 Å². The van der Waals surface area contributed by atoms with Crippen LogP contribution in [0.25, 0.3) is 20.3 Å². The number of nitrogens with zero attached hydrogens (tertiary/aromatic N) is 3. The van der Waals surface area contributed by atoms with Crippen LogP contribution in [0.15, 0.2) is 17.5 Å². The van der Waals surface area contributed by atoms with Gasteiger partial charge in [0.05, 0.1) is 26.5 Å². The molecule has 0 aliphatic carbocycles. The maximum Gasteiger partial charge on any atom is 0.260 e. The molecule has 0 spiro atoms. The van der Waals surface area contributed by atoms with Crippen LogP contribution in [0.2, 0.25) is 0 Å². The van der Waals surface area contributed by atoms with Crippen LogP contribution in [-0.2, 0) is 9.59 Å². The average molecular weight is 447 g/mol. The second-order valence-corrected chi connectivity index (χ2v) is 9.52. The van der Waals surface area contributed by atoms with Crippen molar-refractivity contribution in [2.24, 2.45) is 0 Å². The molecule has 0 radical (unpaired) electrons. The second kappa shape index (κ2) is 9.28. The number of carbonyl (C=O) groups is 2. The first kappa shape index (κ1) is 21.0. The number of carbonyl (C=O) groups excluding carboxylic acids is 2. The van der Waals surface area contributed by atoms with E-state index < -0.39 is 0 Å². The topological polar surface area (TPSA) is 74.8 Å². The number of nitrogens with one attached hydrogen (secondary N) is 1. The molecule has 7 nitrogen and oxygen atoms in total. The quantitative estimate of drug-likeness (QED) is 0.630. The summed E-state index contributed by atoms with van der Waals surface area (Å²) in [7, 11) is 0. The van der Waals surface area contributed by atoms with Crippen LogP contribution >= 0.6 is 22.7 Å². The highest BCUT2D eigenvalue weighted by Gasteiger charge is 2.21. The highest BCUT2D eigenvalue weighted by Crippen LogP contribution is 2.38. The van der Waals surface area contributed by atoms with Gasteiger partial charge in [-0.3, -0.25) is 14.5 Å². The molecule has 1 aromatic carbocycles. The minimum absolute atomic E-state index is 0.0150. The van der Waals surface area contributed by atoms with E-state index in [2.05, 4.69) is 15.2 Å². The van der Waals surface area contributed by atoms with Gasteiger partial charge in [0.25, 0.3) is 5.91 Å². The molecule has 4 rings (SSSR count). The van der Waals surface area contributed by atoms with Crippen molar-refractivity contribution in [1.29, 1.82) is 0 Å². The summed E-state index contributed by atoms with van der Waals surface area (Å²) in [6.07, 6.45) is 0.853. The van der Waals surface area contributed by atoms with E-state index in [0.29, 0.717) is 32.7 Å². The van der Waals surface area contributed by atoms with Crippen LogP contribution in [0.4, 0.5) is 0 Å². The Hall–Kier alpha value is -2.23. The Kier molecular flexibility index (Phi) is 6.50. The van der Waals surface area contributed by atoms with Crippen LogP contribution in [0.3, 0.4) is 0 Å². The number of ether oxygens (including phenoxy) is 1. The summed E-state index contributed by atoms with van der Waals surface area (Å²) in [6.45, 7) is 7.78. The first-order valence-electron chi connectivity index (χ1n) is 10.2. The fraction of sp³-hybridized carbons (Fsp3) is 0.476. The van der Waals surface area contributed by atoms with Gasteiger partial charge >= 0.3 is 0 Å². The molecule has 0 unspecified atom stereocenters. The molecule has 0 saturated carbocycles. The van der Waals surface area contributed by atoms with Crippen molar-refractivity contribution < 1.29 is 14.3 Å². The molecule has 2 aromatic heterocycles. The molecule has 0 bridgehead atoms. The van der Waals surface area contributed by atoms with Crippen LogP contribution in [0, 0.1) is 6.92 Å². The maximum absolute atomic E-state index is 12.8. The number of thiazole rings is 1. The molecule has 1 fully saturated rings. The largest absolute Gasteiger partial charge is 0.483 e. The van der Waals surface area contributed by atoms with Gasteiger partial charge < -0.3 is 15.0 Å². The lowest BCUT2D eigenvalue weighted by Gasteiger charge is -2.22. The molecular weight excluding hydrogens is 420 g/mol. The monoisotopic (exact) mass is 446 g/mol. The SMILES string of the molecule is CCNC(=O)CN1CCCN(C(=O)COc2cc3sc(C)nc3c3sccc23)CC1. The second-order valence-electron chi connectivity index (χ2n) is 7.37. The van der Waals surface area contributed by atoms with Gasteiger partial charge in [0, 0.05) is 44.2 Å². The van der Waals surface area contributed by atoms with Crippen LogP contribution in [-0.4, -0.2) is 72.5 Å². The van der Waals surface area contributed by atoms with Gasteiger partial charge in [-0.2, -0.15) is 0 Å². The molecule has 1 N–H and O–H groups in total. The van der Waals surface area contributed by atoms with Crippen molar-refractivity contribution >= 4 is 54.8 Å². The first-order chi connectivity index (χ1) is 14.5. The lowest BCUT2D eigenvalue weighted by molar-refractivity contribution is -0.133. The Bertz CT molecular complexity index is 1060. The minimum Gasteiger partial charge on any atom is -0.483 e. The van der Waals surface area contributed by atoms with Crippen LogP contribution < -0.4 is 10.1 Å². The number of rotatable bonds is 6. The maximum atomic E-state index is 12.8. The summed E-state index contributed by atoms with van der Waals surface area (Å²) >= 11 is 3.29. The Labute approximate surface area is 183 Å². The number of aromatic nitrogens is 1. The molecule has 1 aliphatic heterocycles. The molecule has 3 aromatic rings. The third kappa shape index (κ3) is 4.58. The third-order valence-corrected chi connectivity index (χ3v) is 7.04. The number of hydrogen-bond acceptors (Lipinski definition) is 7. The molecule has 9 heteroatoms. The summed E-state index contributed by atoms with van der Waals surface area (Å²) in [5.74, 6) is 0.761. The summed E-state index contributed by atoms with van der Waals surface area (Å²) in [5, 5.41) is 6.89. The van der Waals surface area contributed by atoms with Crippen molar-refractivity contribution in [3.8, 4) is 5.75 Å². The van der Waals surface area contributed by atoms with Crippen molar-refractivity contribution in [2.45, 2.75) is 20.3 Å². The first-order valence-corrected chi connectivity index (χ1v) is 11.9. The highest BCUT2D eigenvalue weighted by atomic mass is 32.1. The zero-order chi connectivity index (χ0) is 21.1. The van der Waals surface area contributed by atoms with Crippen LogP contribution in [0.1, 0.15) is 18.4 Å². The lowest BCUT2D eigenvalue weighted by Crippen LogP contribution is -2.40. The van der Waals surface area contributed by atoms with Gasteiger partial charge in [-0.05, 0) is 31.7 Å². The number of hydrogen-bond donors (Lipinski definition) is 1. The van der Waals surface area contributed by atoms with Gasteiger partial charge in [0.1, 0.15) is 5.75 Å². The molecule has 30 heavy (non-hydrogen) atoms. The number of amides is 2. The Balaban J connectivity index is 1.39. The number of fused-ring (bicyclic) bond motifs is 3. The molecule has 160 valence electrons. The van der Waals surface area contributed by atoms with Gasteiger partial charge in [-0.1, -0.05) is 0 Å². The summed E-state index contributed by atoms with van der Waals surface area (Å²) < 4.78 is 8.18. The predicted molar refractivity (Wildman–Crippen MR) is 122 cm³/mol. The van der Waals surface area contributed by atoms with Crippen molar-refractivity contribution in [2.75, 3.05) is 45.9 Å². The fourth-order valence-electron chi connectivity index (χ4n) is 3.77. The normalized spacial score (nSPS) is 15.5. The number of thiophene rings is 1. The molecular formula is C21H26N4O3S2.